The fourth-order valence-corrected chi connectivity index (χ4v) is 11.9. The fraction of sp³-hybridized carbons (Fsp3) is 0.0345. The van der Waals surface area contributed by atoms with Crippen LogP contribution in [0.25, 0.3) is 149 Å². The lowest BCUT2D eigenvalue weighted by molar-refractivity contribution is 0.669. The van der Waals surface area contributed by atoms with Crippen molar-refractivity contribution in [3.05, 3.63) is 175 Å². The minimum Gasteiger partial charge on any atom is -0.456 e. The van der Waals surface area contributed by atoms with Gasteiger partial charge in [0.1, 0.15) is 16.9 Å². The van der Waals surface area contributed by atoms with Crippen molar-refractivity contribution >= 4 is 115 Å². The number of hydrogen-bond donors (Lipinski definition) is 0. The number of furan rings is 1. The van der Waals surface area contributed by atoms with Crippen molar-refractivity contribution in [3.8, 4) is 33.9 Å². The molecule has 2 aliphatic carbocycles. The molecule has 0 amide bonds. The Morgan fingerprint density at radius 2 is 1.05 bits per heavy atom. The van der Waals surface area contributed by atoms with Crippen molar-refractivity contribution < 1.29 is 4.42 Å². The normalized spacial score (nSPS) is 13.5. The largest absolute Gasteiger partial charge is 0.456 e. The molecule has 0 atom stereocenters. The van der Waals surface area contributed by atoms with Crippen molar-refractivity contribution in [3.63, 3.8) is 0 Å². The molecule has 63 heavy (non-hydrogen) atoms. The summed E-state index contributed by atoms with van der Waals surface area (Å²) in [5, 5.41) is 17.3. The zero-order valence-corrected chi connectivity index (χ0v) is 33.8. The third-order valence-electron chi connectivity index (χ3n) is 14.4. The van der Waals surface area contributed by atoms with Gasteiger partial charge in [0.15, 0.2) is 5.82 Å². The number of aryl methyl sites for hydroxylation is 1. The Hall–Kier alpha value is -8.28. The second-order valence-electron chi connectivity index (χ2n) is 17.5. The second kappa shape index (κ2) is 11.3. The summed E-state index contributed by atoms with van der Waals surface area (Å²) in [6.45, 7) is 0. The van der Waals surface area contributed by atoms with Crippen molar-refractivity contribution in [1.82, 2.24) is 19.1 Å². The highest BCUT2D eigenvalue weighted by Gasteiger charge is 2.30. The van der Waals surface area contributed by atoms with Crippen LogP contribution in [0.3, 0.4) is 0 Å². The molecule has 0 spiro atoms. The van der Waals surface area contributed by atoms with Crippen LogP contribution in [0.15, 0.2) is 168 Å². The van der Waals surface area contributed by atoms with Crippen molar-refractivity contribution in [1.29, 1.82) is 0 Å². The maximum atomic E-state index is 6.46. The zero-order chi connectivity index (χ0) is 40.7. The number of hydrogen-bond acceptors (Lipinski definition) is 3. The van der Waals surface area contributed by atoms with E-state index in [0.29, 0.717) is 0 Å². The van der Waals surface area contributed by atoms with Crippen LogP contribution in [0.5, 0.6) is 0 Å². The molecule has 5 heteroatoms. The van der Waals surface area contributed by atoms with Gasteiger partial charge in [-0.15, -0.1) is 0 Å². The summed E-state index contributed by atoms with van der Waals surface area (Å²) < 4.78 is 11.4. The molecule has 14 aromatic rings. The summed E-state index contributed by atoms with van der Waals surface area (Å²) in [7, 11) is 0. The number of allylic oxidation sites excluding steroid dienone is 1. The minimum absolute atomic E-state index is 0.856. The average molecular weight is 801 g/mol. The first-order valence-electron chi connectivity index (χ1n) is 21.9. The summed E-state index contributed by atoms with van der Waals surface area (Å²) in [5.41, 5.74) is 14.0. The van der Waals surface area contributed by atoms with Gasteiger partial charge in [0.05, 0.1) is 44.5 Å². The van der Waals surface area contributed by atoms with Gasteiger partial charge in [-0.05, 0) is 110 Å². The standard InChI is InChI=1S/C58H32N4O/c1-4-19-47-39(11-1)52-42(18-8-20-48(52)63-47)61-43-16-6-12-35-36-13-7-17-44-54(36)56-46(30-26-34-25-29-45(61)55(51(34)56)53(35)43)62(44)58-57(59-40-14-2-3-15-41(40)60-58)38-28-24-33-22-21-31-9-5-10-32-23-27-37(38)50(33)49(31)32/h1,3-13,15-30H,2,14H2. The molecule has 0 saturated carbocycles. The molecular weight excluding hydrogens is 769 g/mol. The van der Waals surface area contributed by atoms with E-state index < -0.39 is 0 Å². The van der Waals surface area contributed by atoms with E-state index in [4.69, 9.17) is 14.4 Å². The van der Waals surface area contributed by atoms with Gasteiger partial charge >= 0.3 is 0 Å². The monoisotopic (exact) mass is 800 g/mol. The highest BCUT2D eigenvalue weighted by atomic mass is 16.3. The number of aromatic nitrogens is 4. The Balaban J connectivity index is 1.06. The molecule has 4 aromatic heterocycles. The number of benzene rings is 10. The summed E-state index contributed by atoms with van der Waals surface area (Å²) in [4.78, 5) is 11.3. The summed E-state index contributed by atoms with van der Waals surface area (Å²) >= 11 is 0. The molecular formula is C58H32N4O. The molecule has 0 fully saturated rings. The third-order valence-corrected chi connectivity index (χ3v) is 14.4. The van der Waals surface area contributed by atoms with Crippen LogP contribution in [0.2, 0.25) is 0 Å². The van der Waals surface area contributed by atoms with Crippen LogP contribution >= 0.6 is 0 Å². The molecule has 290 valence electrons. The van der Waals surface area contributed by atoms with Crippen LogP contribution in [-0.2, 0) is 6.42 Å². The number of nitrogens with zero attached hydrogens (tertiary/aromatic N) is 4. The summed E-state index contributed by atoms with van der Waals surface area (Å²) in [6, 6.07) is 58.1. The Morgan fingerprint density at radius 3 is 1.87 bits per heavy atom. The third kappa shape index (κ3) is 3.95. The Morgan fingerprint density at radius 1 is 0.413 bits per heavy atom. The van der Waals surface area contributed by atoms with Gasteiger partial charge in [-0.1, -0.05) is 121 Å². The van der Waals surface area contributed by atoms with E-state index in [1.807, 2.05) is 6.07 Å². The maximum Gasteiger partial charge on any atom is 0.165 e. The molecule has 0 N–H and O–H groups in total. The molecule has 16 rings (SSSR count). The number of fused-ring (bicyclic) bond motifs is 5. The first kappa shape index (κ1) is 32.5. The topological polar surface area (TPSA) is 48.8 Å². The van der Waals surface area contributed by atoms with E-state index in [1.54, 1.807) is 0 Å². The van der Waals surface area contributed by atoms with Gasteiger partial charge in [-0.2, -0.15) is 0 Å². The van der Waals surface area contributed by atoms with Crippen molar-refractivity contribution in [2.24, 2.45) is 0 Å². The molecule has 2 aliphatic rings. The van der Waals surface area contributed by atoms with Gasteiger partial charge in [0.2, 0.25) is 0 Å². The lowest BCUT2D eigenvalue weighted by atomic mass is 9.91. The molecule has 0 bridgehead atoms. The summed E-state index contributed by atoms with van der Waals surface area (Å²) in [5.74, 6) is 0.856. The molecule has 4 heterocycles. The van der Waals surface area contributed by atoms with E-state index in [0.717, 1.165) is 80.0 Å². The first-order valence-corrected chi connectivity index (χ1v) is 21.9. The number of para-hydroxylation sites is 1. The molecule has 10 aromatic carbocycles. The highest BCUT2D eigenvalue weighted by molar-refractivity contribution is 6.39. The SMILES string of the molecule is C1=Cc2nc(-n3c4cccc5c4c4c6c(ccc43)ccc3c6c4c-5cccc4n3-c3cccc4oc5ccccc5c34)c(-c3ccc4ccc5cccc6ccc3c4c56)nc2CC1. The van der Waals surface area contributed by atoms with Crippen molar-refractivity contribution in [2.45, 2.75) is 12.8 Å². The quantitative estimate of drug-likeness (QED) is 0.167. The van der Waals surface area contributed by atoms with Gasteiger partial charge < -0.3 is 8.98 Å². The van der Waals surface area contributed by atoms with Crippen LogP contribution in [-0.4, -0.2) is 19.1 Å². The van der Waals surface area contributed by atoms with Gasteiger partial charge in [0.25, 0.3) is 0 Å². The minimum atomic E-state index is 0.856. The fourth-order valence-electron chi connectivity index (χ4n) is 11.9. The number of rotatable bonds is 3. The Kier molecular flexibility index (Phi) is 5.85. The lowest BCUT2D eigenvalue weighted by Crippen LogP contribution is -2.10. The molecule has 5 nitrogen and oxygen atoms in total. The Bertz CT molecular complexity index is 4430. The van der Waals surface area contributed by atoms with Crippen LogP contribution < -0.4 is 0 Å². The smallest absolute Gasteiger partial charge is 0.165 e. The highest BCUT2D eigenvalue weighted by Crippen LogP contribution is 2.52. The van der Waals surface area contributed by atoms with E-state index in [1.165, 1.54) is 86.8 Å². The zero-order valence-electron chi connectivity index (χ0n) is 33.8. The second-order valence-corrected chi connectivity index (χ2v) is 17.5. The van der Waals surface area contributed by atoms with E-state index >= 15 is 0 Å². The maximum absolute atomic E-state index is 6.46. The molecule has 0 aliphatic heterocycles. The van der Waals surface area contributed by atoms with E-state index in [9.17, 15) is 0 Å². The summed E-state index contributed by atoms with van der Waals surface area (Å²) in [6.07, 6.45) is 6.23. The lowest BCUT2D eigenvalue weighted by Gasteiger charge is -2.19. The van der Waals surface area contributed by atoms with Gasteiger partial charge in [-0.25, -0.2) is 9.97 Å². The van der Waals surface area contributed by atoms with Crippen LogP contribution in [0, 0.1) is 0 Å². The van der Waals surface area contributed by atoms with E-state index in [-0.39, 0.29) is 0 Å². The average Bonchev–Trinajstić information content (AvgIpc) is 3.98. The van der Waals surface area contributed by atoms with E-state index in [2.05, 4.69) is 173 Å². The van der Waals surface area contributed by atoms with Crippen LogP contribution in [0.1, 0.15) is 17.8 Å². The van der Waals surface area contributed by atoms with Gasteiger partial charge in [-0.3, -0.25) is 4.57 Å². The molecule has 0 radical (unpaired) electrons. The Labute approximate surface area is 358 Å². The first-order chi connectivity index (χ1) is 31.3. The molecule has 0 unspecified atom stereocenters. The predicted molar refractivity (Wildman–Crippen MR) is 261 cm³/mol. The van der Waals surface area contributed by atoms with Crippen LogP contribution in [0.4, 0.5) is 0 Å². The predicted octanol–water partition coefficient (Wildman–Crippen LogP) is 15.2. The van der Waals surface area contributed by atoms with Gasteiger partial charge in [0, 0.05) is 37.9 Å². The van der Waals surface area contributed by atoms with Crippen molar-refractivity contribution in [2.75, 3.05) is 0 Å². The molecule has 0 saturated heterocycles.